The van der Waals surface area contributed by atoms with E-state index in [1.807, 2.05) is 13.0 Å². The van der Waals surface area contributed by atoms with Gasteiger partial charge in [-0.05, 0) is 55.1 Å². The molecular weight excluding hydrogens is 376 g/mol. The van der Waals surface area contributed by atoms with Crippen molar-refractivity contribution in [3.63, 3.8) is 0 Å². The molecule has 0 aromatic heterocycles. The maximum atomic E-state index is 13.3. The van der Waals surface area contributed by atoms with Crippen molar-refractivity contribution in [1.82, 2.24) is 0 Å². The second-order valence-corrected chi connectivity index (χ2v) is 10.5. The largest absolute Gasteiger partial charge is 0.465 e. The van der Waals surface area contributed by atoms with Gasteiger partial charge in [0.25, 0.3) is 0 Å². The van der Waals surface area contributed by atoms with Gasteiger partial charge in [0.05, 0.1) is 12.0 Å². The Morgan fingerprint density at radius 1 is 1.13 bits per heavy atom. The zero-order valence-corrected chi connectivity index (χ0v) is 18.4. The summed E-state index contributed by atoms with van der Waals surface area (Å²) in [7, 11) is 0. The lowest BCUT2D eigenvalue weighted by Gasteiger charge is -2.51. The number of carbonyl (C=O) groups is 3. The smallest absolute Gasteiger partial charge is 0.317 e. The van der Waals surface area contributed by atoms with Crippen molar-refractivity contribution in [2.24, 2.45) is 22.2 Å². The summed E-state index contributed by atoms with van der Waals surface area (Å²) in [5.74, 6) is -0.0947. The number of hydrogen-bond donors (Lipinski definition) is 0. The van der Waals surface area contributed by atoms with Crippen LogP contribution in [0.2, 0.25) is 0 Å². The van der Waals surface area contributed by atoms with E-state index in [0.29, 0.717) is 31.7 Å². The molecule has 4 nitrogen and oxygen atoms in total. The summed E-state index contributed by atoms with van der Waals surface area (Å²) in [4.78, 5) is 38.8. The topological polar surface area (TPSA) is 60.4 Å². The van der Waals surface area contributed by atoms with Gasteiger partial charge in [-0.25, -0.2) is 0 Å². The molecule has 0 amide bonds. The summed E-state index contributed by atoms with van der Waals surface area (Å²) in [5, 5.41) is 0. The Hall–Kier alpha value is -1.97. The third-order valence-electron chi connectivity index (χ3n) is 9.04. The Morgan fingerprint density at radius 2 is 1.93 bits per heavy atom. The van der Waals surface area contributed by atoms with Gasteiger partial charge in [-0.1, -0.05) is 44.1 Å². The average Bonchev–Trinajstić information content (AvgIpc) is 3.16. The summed E-state index contributed by atoms with van der Waals surface area (Å²) >= 11 is 0. The molecule has 160 valence electrons. The van der Waals surface area contributed by atoms with Crippen LogP contribution in [0.3, 0.4) is 0 Å². The van der Waals surface area contributed by atoms with Gasteiger partial charge in [-0.2, -0.15) is 0 Å². The van der Waals surface area contributed by atoms with Crippen LogP contribution in [0.5, 0.6) is 0 Å². The van der Waals surface area contributed by atoms with Gasteiger partial charge in [0, 0.05) is 24.7 Å². The number of carbonyl (C=O) groups excluding carboxylic acids is 3. The van der Waals surface area contributed by atoms with Gasteiger partial charge < -0.3 is 4.74 Å². The minimum absolute atomic E-state index is 0.0246. The van der Waals surface area contributed by atoms with E-state index in [1.54, 1.807) is 0 Å². The van der Waals surface area contributed by atoms with Crippen LogP contribution in [-0.2, 0) is 19.1 Å². The number of Topliss-reactive ketones (excluding diaryl/α,β-unsaturated/α-hetero) is 2. The van der Waals surface area contributed by atoms with Gasteiger partial charge in [0.15, 0.2) is 0 Å². The standard InChI is InChI=1S/C26H32O4/c1-4-13-30-23(29)18-15-16-14-17(27)5-11-25(16,3)19-7-12-26-20(22(18)19)6-9-24(26,2)10-8-21(26)28/h6,15,18H,4-5,7-14H2,1-3H3/t18-,24+,25?,26?/m1/s1. The van der Waals surface area contributed by atoms with Crippen molar-refractivity contribution in [1.29, 1.82) is 0 Å². The molecular formula is C26H32O4. The first-order chi connectivity index (χ1) is 14.3. The van der Waals surface area contributed by atoms with E-state index in [2.05, 4.69) is 19.9 Å². The van der Waals surface area contributed by atoms with Crippen molar-refractivity contribution < 1.29 is 19.1 Å². The van der Waals surface area contributed by atoms with Crippen LogP contribution in [-0.4, -0.2) is 24.1 Å². The van der Waals surface area contributed by atoms with Crippen molar-refractivity contribution in [2.45, 2.75) is 78.6 Å². The summed E-state index contributed by atoms with van der Waals surface area (Å²) in [6, 6.07) is 0. The Labute approximate surface area is 178 Å². The van der Waals surface area contributed by atoms with E-state index >= 15 is 0 Å². The zero-order chi connectivity index (χ0) is 21.3. The number of ether oxygens (including phenoxy) is 1. The maximum absolute atomic E-state index is 13.3. The Bertz CT molecular complexity index is 950. The normalized spacial score (nSPS) is 39.6. The van der Waals surface area contributed by atoms with E-state index in [9.17, 15) is 14.4 Å². The molecule has 0 aromatic carbocycles. The minimum Gasteiger partial charge on any atom is -0.465 e. The highest BCUT2D eigenvalue weighted by molar-refractivity contribution is 5.96. The number of rotatable bonds is 3. The van der Waals surface area contributed by atoms with E-state index in [1.165, 1.54) is 5.57 Å². The summed E-state index contributed by atoms with van der Waals surface area (Å²) in [6.45, 7) is 6.91. The molecule has 2 saturated carbocycles. The lowest BCUT2D eigenvalue weighted by atomic mass is 9.51. The lowest BCUT2D eigenvalue weighted by molar-refractivity contribution is -0.146. The molecule has 4 heteroatoms. The molecule has 0 radical (unpaired) electrons. The summed E-state index contributed by atoms with van der Waals surface area (Å²) in [6.07, 6.45) is 11.1. The highest BCUT2D eigenvalue weighted by Crippen LogP contribution is 2.70. The SMILES string of the molecule is CCCOC(=O)[C@@H]1C=C2CC(=O)CCC2(C)C2=C1C1=CC[C@@]3(C)CCC(=O)C13CC2. The monoisotopic (exact) mass is 408 g/mol. The van der Waals surface area contributed by atoms with Gasteiger partial charge in [0.2, 0.25) is 0 Å². The minimum atomic E-state index is -0.486. The van der Waals surface area contributed by atoms with Crippen molar-refractivity contribution >= 4 is 17.5 Å². The molecule has 5 aliphatic carbocycles. The van der Waals surface area contributed by atoms with Crippen LogP contribution >= 0.6 is 0 Å². The van der Waals surface area contributed by atoms with Crippen molar-refractivity contribution in [3.8, 4) is 0 Å². The molecule has 0 aromatic rings. The molecule has 1 spiro atoms. The number of ketones is 2. The van der Waals surface area contributed by atoms with Crippen molar-refractivity contribution in [2.75, 3.05) is 6.61 Å². The van der Waals surface area contributed by atoms with Crippen molar-refractivity contribution in [3.05, 3.63) is 34.4 Å². The first-order valence-corrected chi connectivity index (χ1v) is 11.6. The zero-order valence-electron chi connectivity index (χ0n) is 18.4. The molecule has 4 atom stereocenters. The molecule has 30 heavy (non-hydrogen) atoms. The molecule has 0 heterocycles. The third kappa shape index (κ3) is 2.37. The van der Waals surface area contributed by atoms with Crippen LogP contribution in [0.15, 0.2) is 34.4 Å². The summed E-state index contributed by atoms with van der Waals surface area (Å²) in [5.41, 5.74) is 3.96. The van der Waals surface area contributed by atoms with E-state index in [4.69, 9.17) is 4.74 Å². The van der Waals surface area contributed by atoms with Crippen LogP contribution in [0, 0.1) is 22.2 Å². The average molecular weight is 409 g/mol. The summed E-state index contributed by atoms with van der Waals surface area (Å²) < 4.78 is 5.61. The predicted molar refractivity (Wildman–Crippen MR) is 114 cm³/mol. The number of fused-ring (bicyclic) bond motifs is 3. The second-order valence-electron chi connectivity index (χ2n) is 10.5. The van der Waals surface area contributed by atoms with Crippen LogP contribution < -0.4 is 0 Å². The highest BCUT2D eigenvalue weighted by atomic mass is 16.5. The van der Waals surface area contributed by atoms with Gasteiger partial charge in [0.1, 0.15) is 17.5 Å². The van der Waals surface area contributed by atoms with Crippen LogP contribution in [0.25, 0.3) is 0 Å². The lowest BCUT2D eigenvalue weighted by Crippen LogP contribution is -2.46. The third-order valence-corrected chi connectivity index (χ3v) is 9.04. The maximum Gasteiger partial charge on any atom is 0.317 e. The van der Waals surface area contributed by atoms with Crippen LogP contribution in [0.1, 0.15) is 78.6 Å². The van der Waals surface area contributed by atoms with Gasteiger partial charge in [-0.3, -0.25) is 14.4 Å². The molecule has 2 unspecified atom stereocenters. The van der Waals surface area contributed by atoms with Crippen LogP contribution in [0.4, 0.5) is 0 Å². The fourth-order valence-corrected chi connectivity index (χ4v) is 7.26. The second kappa shape index (κ2) is 6.51. The quantitative estimate of drug-likeness (QED) is 0.485. The number of hydrogen-bond acceptors (Lipinski definition) is 4. The molecule has 0 N–H and O–H groups in total. The fourth-order valence-electron chi connectivity index (χ4n) is 7.26. The predicted octanol–water partition coefficient (Wildman–Crippen LogP) is 5.03. The molecule has 5 rings (SSSR count). The Kier molecular flexibility index (Phi) is 4.33. The van der Waals surface area contributed by atoms with Gasteiger partial charge >= 0.3 is 5.97 Å². The first-order valence-electron chi connectivity index (χ1n) is 11.6. The first kappa shape index (κ1) is 20.0. The molecule has 0 bridgehead atoms. The van der Waals surface area contributed by atoms with Gasteiger partial charge in [-0.15, -0.1) is 0 Å². The van der Waals surface area contributed by atoms with E-state index < -0.39 is 11.3 Å². The molecule has 2 fully saturated rings. The molecule has 0 aliphatic heterocycles. The Morgan fingerprint density at radius 3 is 2.70 bits per heavy atom. The Balaban J connectivity index is 1.67. The van der Waals surface area contributed by atoms with E-state index in [-0.39, 0.29) is 22.6 Å². The number of esters is 1. The fraction of sp³-hybridized carbons (Fsp3) is 0.654. The molecule has 5 aliphatic rings. The van der Waals surface area contributed by atoms with E-state index in [0.717, 1.165) is 55.2 Å². The number of allylic oxidation sites excluding steroid dienone is 4. The highest BCUT2D eigenvalue weighted by Gasteiger charge is 2.65. The molecule has 0 saturated heterocycles.